The van der Waals surface area contributed by atoms with Gasteiger partial charge in [-0.15, -0.1) is 0 Å². The van der Waals surface area contributed by atoms with Crippen molar-refractivity contribution in [3.05, 3.63) is 70.3 Å². The Morgan fingerprint density at radius 2 is 2.16 bits per heavy atom. The molecule has 1 aliphatic rings. The number of carbonyl (C=O) groups is 1. The zero-order valence-electron chi connectivity index (χ0n) is 13.3. The standard InChI is InChI=1S/C19H15BrFN3O/c20-14-7-13(9-22-10-14)19(25)24-5-3-12(4-6-24)17-11-23-18-8-15(21)1-2-16(17)18/h1-3,7-11,23H,4-6H2. The molecule has 3 heterocycles. The maximum absolute atomic E-state index is 13.3. The van der Waals surface area contributed by atoms with Crippen LogP contribution >= 0.6 is 15.9 Å². The molecule has 0 fully saturated rings. The molecule has 1 aliphatic heterocycles. The van der Waals surface area contributed by atoms with Gasteiger partial charge in [0.25, 0.3) is 5.91 Å². The second-order valence-corrected chi connectivity index (χ2v) is 6.93. The number of amides is 1. The summed E-state index contributed by atoms with van der Waals surface area (Å²) in [7, 11) is 0. The first-order valence-corrected chi connectivity index (χ1v) is 8.77. The Kier molecular flexibility index (Phi) is 4.13. The van der Waals surface area contributed by atoms with E-state index in [1.807, 2.05) is 11.1 Å². The smallest absolute Gasteiger partial charge is 0.255 e. The second-order valence-electron chi connectivity index (χ2n) is 6.01. The van der Waals surface area contributed by atoms with Crippen LogP contribution in [0.3, 0.4) is 0 Å². The van der Waals surface area contributed by atoms with Crippen molar-refractivity contribution in [1.82, 2.24) is 14.9 Å². The average molecular weight is 400 g/mol. The minimum atomic E-state index is -0.252. The number of fused-ring (bicyclic) bond motifs is 1. The monoisotopic (exact) mass is 399 g/mol. The lowest BCUT2D eigenvalue weighted by atomic mass is 9.98. The summed E-state index contributed by atoms with van der Waals surface area (Å²) >= 11 is 3.34. The van der Waals surface area contributed by atoms with Gasteiger partial charge in [-0.25, -0.2) is 4.39 Å². The molecule has 4 nitrogen and oxygen atoms in total. The van der Waals surface area contributed by atoms with Crippen LogP contribution in [-0.2, 0) is 0 Å². The van der Waals surface area contributed by atoms with E-state index in [0.717, 1.165) is 27.4 Å². The van der Waals surface area contributed by atoms with Crippen molar-refractivity contribution in [3.63, 3.8) is 0 Å². The van der Waals surface area contributed by atoms with Gasteiger partial charge in [-0.1, -0.05) is 6.08 Å². The Labute approximate surface area is 152 Å². The highest BCUT2D eigenvalue weighted by molar-refractivity contribution is 9.10. The van der Waals surface area contributed by atoms with Crippen molar-refractivity contribution in [3.8, 4) is 0 Å². The van der Waals surface area contributed by atoms with Gasteiger partial charge in [-0.2, -0.15) is 0 Å². The summed E-state index contributed by atoms with van der Waals surface area (Å²) in [5.74, 6) is -0.275. The molecule has 25 heavy (non-hydrogen) atoms. The number of nitrogens with zero attached hydrogens (tertiary/aromatic N) is 2. The van der Waals surface area contributed by atoms with Gasteiger partial charge >= 0.3 is 0 Å². The first-order valence-electron chi connectivity index (χ1n) is 7.98. The Hall–Kier alpha value is -2.47. The number of hydrogen-bond acceptors (Lipinski definition) is 2. The van der Waals surface area contributed by atoms with Crippen LogP contribution in [0.15, 0.2) is 53.4 Å². The van der Waals surface area contributed by atoms with E-state index in [4.69, 9.17) is 0 Å². The summed E-state index contributed by atoms with van der Waals surface area (Å²) in [5.41, 5.74) is 3.61. The van der Waals surface area contributed by atoms with E-state index < -0.39 is 0 Å². The van der Waals surface area contributed by atoms with Gasteiger partial charge in [0.05, 0.1) is 5.56 Å². The second kappa shape index (κ2) is 6.44. The number of benzene rings is 1. The van der Waals surface area contributed by atoms with Gasteiger partial charge in [-0.3, -0.25) is 9.78 Å². The lowest BCUT2D eigenvalue weighted by molar-refractivity contribution is 0.0772. The van der Waals surface area contributed by atoms with Crippen molar-refractivity contribution in [1.29, 1.82) is 0 Å². The lowest BCUT2D eigenvalue weighted by Gasteiger charge is -2.26. The minimum absolute atomic E-state index is 0.0231. The number of aromatic amines is 1. The molecule has 4 rings (SSSR count). The number of hydrogen-bond donors (Lipinski definition) is 1. The first kappa shape index (κ1) is 16.0. The van der Waals surface area contributed by atoms with Gasteiger partial charge < -0.3 is 9.88 Å². The number of H-pyrrole nitrogens is 1. The number of carbonyl (C=O) groups excluding carboxylic acids is 1. The van der Waals surface area contributed by atoms with Gasteiger partial charge in [0.1, 0.15) is 5.82 Å². The Balaban J connectivity index is 1.56. The Morgan fingerprint density at radius 1 is 1.28 bits per heavy atom. The Morgan fingerprint density at radius 3 is 2.92 bits per heavy atom. The predicted octanol–water partition coefficient (Wildman–Crippen LogP) is 4.39. The molecular weight excluding hydrogens is 385 g/mol. The molecule has 3 aromatic rings. The van der Waals surface area contributed by atoms with E-state index in [1.165, 1.54) is 17.7 Å². The fourth-order valence-electron chi connectivity index (χ4n) is 3.17. The molecule has 0 saturated heterocycles. The third-order valence-electron chi connectivity index (χ3n) is 4.44. The summed E-state index contributed by atoms with van der Waals surface area (Å²) in [4.78, 5) is 21.6. The van der Waals surface area contributed by atoms with Crippen LogP contribution < -0.4 is 0 Å². The van der Waals surface area contributed by atoms with Gasteiger partial charge in [0.15, 0.2) is 0 Å². The summed E-state index contributed by atoms with van der Waals surface area (Å²) in [6, 6.07) is 6.54. The number of nitrogens with one attached hydrogen (secondary N) is 1. The number of pyridine rings is 1. The van der Waals surface area contributed by atoms with E-state index in [2.05, 4.69) is 32.0 Å². The quantitative estimate of drug-likeness (QED) is 0.694. The maximum atomic E-state index is 13.3. The van der Waals surface area contributed by atoms with E-state index in [-0.39, 0.29) is 11.7 Å². The third-order valence-corrected chi connectivity index (χ3v) is 4.87. The molecule has 0 atom stereocenters. The van der Waals surface area contributed by atoms with Crippen LogP contribution in [0, 0.1) is 5.82 Å². The molecule has 0 aliphatic carbocycles. The molecule has 0 bridgehead atoms. The van der Waals surface area contributed by atoms with Crippen molar-refractivity contribution < 1.29 is 9.18 Å². The molecular formula is C19H15BrFN3O. The van der Waals surface area contributed by atoms with E-state index in [1.54, 1.807) is 24.5 Å². The molecule has 0 saturated carbocycles. The molecule has 2 aromatic heterocycles. The van der Waals surface area contributed by atoms with Crippen LogP contribution in [0.25, 0.3) is 16.5 Å². The van der Waals surface area contributed by atoms with E-state index in [0.29, 0.717) is 18.7 Å². The van der Waals surface area contributed by atoms with Crippen molar-refractivity contribution in [2.45, 2.75) is 6.42 Å². The van der Waals surface area contributed by atoms with Crippen molar-refractivity contribution in [2.75, 3.05) is 13.1 Å². The van der Waals surface area contributed by atoms with Crippen molar-refractivity contribution in [2.24, 2.45) is 0 Å². The SMILES string of the molecule is O=C(c1cncc(Br)c1)N1CC=C(c2c[nH]c3cc(F)ccc23)CC1. The van der Waals surface area contributed by atoms with E-state index in [9.17, 15) is 9.18 Å². The minimum Gasteiger partial charge on any atom is -0.360 e. The maximum Gasteiger partial charge on any atom is 0.255 e. The predicted molar refractivity (Wildman–Crippen MR) is 98.7 cm³/mol. The van der Waals surface area contributed by atoms with Gasteiger partial charge in [0.2, 0.25) is 0 Å². The number of rotatable bonds is 2. The summed E-state index contributed by atoms with van der Waals surface area (Å²) in [5, 5.41) is 1.00. The van der Waals surface area contributed by atoms with Crippen LogP contribution in [0.1, 0.15) is 22.3 Å². The summed E-state index contributed by atoms with van der Waals surface area (Å²) in [6.45, 7) is 1.19. The molecule has 0 radical (unpaired) electrons. The number of aromatic nitrogens is 2. The molecule has 0 spiro atoms. The molecule has 0 unspecified atom stereocenters. The zero-order chi connectivity index (χ0) is 17.4. The largest absolute Gasteiger partial charge is 0.360 e. The molecule has 126 valence electrons. The highest BCUT2D eigenvalue weighted by atomic mass is 79.9. The zero-order valence-corrected chi connectivity index (χ0v) is 14.9. The Bertz CT molecular complexity index is 995. The highest BCUT2D eigenvalue weighted by Gasteiger charge is 2.21. The molecule has 1 N–H and O–H groups in total. The molecule has 1 aromatic carbocycles. The topological polar surface area (TPSA) is 49.0 Å². The van der Waals surface area contributed by atoms with Crippen LogP contribution in [0.2, 0.25) is 0 Å². The third kappa shape index (κ3) is 3.09. The normalized spacial score (nSPS) is 14.6. The van der Waals surface area contributed by atoms with Gasteiger partial charge in [0, 0.05) is 52.6 Å². The fraction of sp³-hybridized carbons (Fsp3) is 0.158. The van der Waals surface area contributed by atoms with Crippen LogP contribution in [0.4, 0.5) is 4.39 Å². The van der Waals surface area contributed by atoms with E-state index >= 15 is 0 Å². The summed E-state index contributed by atoms with van der Waals surface area (Å²) < 4.78 is 14.1. The highest BCUT2D eigenvalue weighted by Crippen LogP contribution is 2.30. The average Bonchev–Trinajstić information content (AvgIpc) is 3.04. The lowest BCUT2D eigenvalue weighted by Crippen LogP contribution is -2.34. The summed E-state index contributed by atoms with van der Waals surface area (Å²) in [6.07, 6.45) is 7.98. The first-order chi connectivity index (χ1) is 12.1. The van der Waals surface area contributed by atoms with Crippen molar-refractivity contribution >= 4 is 38.3 Å². The van der Waals surface area contributed by atoms with Crippen LogP contribution in [-0.4, -0.2) is 33.9 Å². The van der Waals surface area contributed by atoms with Gasteiger partial charge in [-0.05, 0) is 52.2 Å². The molecule has 1 amide bonds. The van der Waals surface area contributed by atoms with Crippen LogP contribution in [0.5, 0.6) is 0 Å². The molecule has 6 heteroatoms. The number of halogens is 2. The fourth-order valence-corrected chi connectivity index (χ4v) is 3.54.